The van der Waals surface area contributed by atoms with Gasteiger partial charge in [-0.3, -0.25) is 19.1 Å². The van der Waals surface area contributed by atoms with Gasteiger partial charge >= 0.3 is 5.97 Å². The minimum Gasteiger partial charge on any atom is -0.466 e. The van der Waals surface area contributed by atoms with E-state index in [0.29, 0.717) is 39.1 Å². The number of hydrogen-bond donors (Lipinski definition) is 0. The van der Waals surface area contributed by atoms with E-state index in [-0.39, 0.29) is 42.1 Å². The third-order valence-corrected chi connectivity index (χ3v) is 5.33. The third kappa shape index (κ3) is 4.14. The van der Waals surface area contributed by atoms with E-state index >= 15 is 0 Å². The molecule has 2 aliphatic rings. The van der Waals surface area contributed by atoms with Gasteiger partial charge < -0.3 is 14.5 Å². The van der Waals surface area contributed by atoms with Crippen LogP contribution >= 0.6 is 0 Å². The Labute approximate surface area is 159 Å². The second kappa shape index (κ2) is 8.10. The number of aromatic nitrogens is 2. The second-order valence-corrected chi connectivity index (χ2v) is 7.53. The number of nitrogens with zero attached hydrogens (tertiary/aromatic N) is 4. The number of carbonyl (C=O) groups is 3. The Morgan fingerprint density at radius 3 is 2.56 bits per heavy atom. The maximum atomic E-state index is 12.8. The summed E-state index contributed by atoms with van der Waals surface area (Å²) in [6.45, 7) is 7.69. The van der Waals surface area contributed by atoms with Crippen LogP contribution in [0.15, 0.2) is 12.4 Å². The van der Waals surface area contributed by atoms with Gasteiger partial charge in [0.15, 0.2) is 0 Å². The molecular weight excluding hydrogens is 348 g/mol. The Morgan fingerprint density at radius 2 is 1.96 bits per heavy atom. The van der Waals surface area contributed by atoms with Gasteiger partial charge in [0.1, 0.15) is 0 Å². The van der Waals surface area contributed by atoms with E-state index < -0.39 is 0 Å². The number of anilines is 1. The number of rotatable bonds is 5. The molecule has 3 rings (SSSR count). The summed E-state index contributed by atoms with van der Waals surface area (Å²) < 4.78 is 6.87. The zero-order valence-corrected chi connectivity index (χ0v) is 16.3. The zero-order chi connectivity index (χ0) is 19.6. The predicted octanol–water partition coefficient (Wildman–Crippen LogP) is 1.62. The molecule has 0 aromatic carbocycles. The average Bonchev–Trinajstić information content (AvgIpc) is 3.28. The highest BCUT2D eigenvalue weighted by Gasteiger charge is 2.39. The van der Waals surface area contributed by atoms with Gasteiger partial charge in [-0.2, -0.15) is 5.10 Å². The van der Waals surface area contributed by atoms with E-state index in [9.17, 15) is 14.4 Å². The van der Waals surface area contributed by atoms with Crippen LogP contribution in [0.1, 0.15) is 46.1 Å². The highest BCUT2D eigenvalue weighted by Crippen LogP contribution is 2.28. The highest BCUT2D eigenvalue weighted by atomic mass is 16.5. The first-order chi connectivity index (χ1) is 12.9. The largest absolute Gasteiger partial charge is 0.466 e. The zero-order valence-electron chi connectivity index (χ0n) is 16.3. The second-order valence-electron chi connectivity index (χ2n) is 7.53. The minimum absolute atomic E-state index is 0.00408. The lowest BCUT2D eigenvalue weighted by atomic mass is 9.95. The van der Waals surface area contributed by atoms with Crippen LogP contribution < -0.4 is 4.90 Å². The van der Waals surface area contributed by atoms with E-state index in [1.807, 2.05) is 20.0 Å². The summed E-state index contributed by atoms with van der Waals surface area (Å²) >= 11 is 0. The van der Waals surface area contributed by atoms with Crippen LogP contribution in [-0.2, 0) is 19.1 Å². The predicted molar refractivity (Wildman–Crippen MR) is 99.0 cm³/mol. The van der Waals surface area contributed by atoms with Gasteiger partial charge in [0.2, 0.25) is 11.8 Å². The topological polar surface area (TPSA) is 84.7 Å². The smallest absolute Gasteiger partial charge is 0.309 e. The fourth-order valence-corrected chi connectivity index (χ4v) is 3.73. The summed E-state index contributed by atoms with van der Waals surface area (Å²) in [6, 6.07) is 0.217. The molecule has 2 aliphatic heterocycles. The molecule has 8 heteroatoms. The van der Waals surface area contributed by atoms with Gasteiger partial charge in [-0.05, 0) is 33.6 Å². The van der Waals surface area contributed by atoms with Crippen molar-refractivity contribution in [2.24, 2.45) is 11.8 Å². The molecule has 0 aliphatic carbocycles. The van der Waals surface area contributed by atoms with Crippen LogP contribution in [0.25, 0.3) is 0 Å². The number of amides is 2. The van der Waals surface area contributed by atoms with Gasteiger partial charge in [0.05, 0.1) is 30.3 Å². The molecule has 148 valence electrons. The Morgan fingerprint density at radius 1 is 1.26 bits per heavy atom. The molecule has 0 bridgehead atoms. The van der Waals surface area contributed by atoms with E-state index in [1.54, 1.807) is 27.6 Å². The summed E-state index contributed by atoms with van der Waals surface area (Å²) in [5, 5.41) is 4.28. The lowest BCUT2D eigenvalue weighted by Crippen LogP contribution is -2.44. The first-order valence-corrected chi connectivity index (χ1v) is 9.70. The molecule has 1 aromatic heterocycles. The maximum Gasteiger partial charge on any atom is 0.309 e. The lowest BCUT2D eigenvalue weighted by Gasteiger charge is -2.32. The van der Waals surface area contributed by atoms with E-state index in [1.165, 1.54) is 0 Å². The van der Waals surface area contributed by atoms with Gasteiger partial charge in [-0.25, -0.2) is 0 Å². The normalized spacial score (nSPS) is 21.2. The number of likely N-dealkylation sites (tertiary alicyclic amines) is 1. The van der Waals surface area contributed by atoms with Crippen LogP contribution in [0.3, 0.4) is 0 Å². The molecule has 8 nitrogen and oxygen atoms in total. The molecular formula is C19H28N4O4. The van der Waals surface area contributed by atoms with Gasteiger partial charge in [0.25, 0.3) is 0 Å². The fourth-order valence-electron chi connectivity index (χ4n) is 3.73. The van der Waals surface area contributed by atoms with Crippen molar-refractivity contribution in [1.82, 2.24) is 14.7 Å². The molecule has 1 aromatic rings. The molecule has 2 fully saturated rings. The number of piperidine rings is 1. The SMILES string of the molecule is CCOC(=O)C1CCN(C(=O)[C@@H]2CC(=O)N(c3cnn(C(C)C)c3)C2)CC1. The number of hydrogen-bond acceptors (Lipinski definition) is 5. The molecule has 0 radical (unpaired) electrons. The molecule has 2 amide bonds. The van der Waals surface area contributed by atoms with Crippen molar-refractivity contribution >= 4 is 23.5 Å². The first kappa shape index (κ1) is 19.4. The third-order valence-electron chi connectivity index (χ3n) is 5.33. The van der Waals surface area contributed by atoms with Crippen molar-refractivity contribution in [1.29, 1.82) is 0 Å². The number of esters is 1. The summed E-state index contributed by atoms with van der Waals surface area (Å²) in [4.78, 5) is 40.5. The van der Waals surface area contributed by atoms with Gasteiger partial charge in [0, 0.05) is 38.3 Å². The van der Waals surface area contributed by atoms with Crippen LogP contribution in [0.4, 0.5) is 5.69 Å². The van der Waals surface area contributed by atoms with Crippen molar-refractivity contribution < 1.29 is 19.1 Å². The first-order valence-electron chi connectivity index (χ1n) is 9.70. The molecule has 0 spiro atoms. The summed E-state index contributed by atoms with van der Waals surface area (Å²) in [6.07, 6.45) is 4.99. The van der Waals surface area contributed by atoms with Gasteiger partial charge in [-0.15, -0.1) is 0 Å². The monoisotopic (exact) mass is 376 g/mol. The van der Waals surface area contributed by atoms with Crippen molar-refractivity contribution in [2.45, 2.75) is 46.1 Å². The summed E-state index contributed by atoms with van der Waals surface area (Å²) in [5.41, 5.74) is 0.741. The Hall–Kier alpha value is -2.38. The maximum absolute atomic E-state index is 12.8. The van der Waals surface area contributed by atoms with Crippen LogP contribution in [0.5, 0.6) is 0 Å². The molecule has 0 unspecified atom stereocenters. The van der Waals surface area contributed by atoms with Crippen LogP contribution in [-0.4, -0.2) is 58.7 Å². The van der Waals surface area contributed by atoms with E-state index in [4.69, 9.17) is 4.74 Å². The van der Waals surface area contributed by atoms with Crippen molar-refractivity contribution in [2.75, 3.05) is 31.1 Å². The summed E-state index contributed by atoms with van der Waals surface area (Å²) in [5.74, 6) is -0.673. The van der Waals surface area contributed by atoms with Crippen molar-refractivity contribution in [3.8, 4) is 0 Å². The average molecular weight is 376 g/mol. The lowest BCUT2D eigenvalue weighted by molar-refractivity contribution is -0.151. The van der Waals surface area contributed by atoms with Crippen LogP contribution in [0.2, 0.25) is 0 Å². The molecule has 1 atom stereocenters. The number of ether oxygens (including phenoxy) is 1. The van der Waals surface area contributed by atoms with Crippen LogP contribution in [0, 0.1) is 11.8 Å². The molecule has 0 saturated carbocycles. The minimum atomic E-state index is -0.334. The Kier molecular flexibility index (Phi) is 5.82. The van der Waals surface area contributed by atoms with Gasteiger partial charge in [-0.1, -0.05) is 0 Å². The standard InChI is InChI=1S/C19H28N4O4/c1-4-27-19(26)14-5-7-21(8-6-14)18(25)15-9-17(24)22(11-15)16-10-20-23(12-16)13(2)3/h10,12-15H,4-9,11H2,1-3H3/t15-/m1/s1. The quantitative estimate of drug-likeness (QED) is 0.729. The summed E-state index contributed by atoms with van der Waals surface area (Å²) in [7, 11) is 0. The Bertz CT molecular complexity index is 706. The van der Waals surface area contributed by atoms with Crippen molar-refractivity contribution in [3.63, 3.8) is 0 Å². The highest BCUT2D eigenvalue weighted by molar-refractivity contribution is 6.00. The van der Waals surface area contributed by atoms with Crippen molar-refractivity contribution in [3.05, 3.63) is 12.4 Å². The fraction of sp³-hybridized carbons (Fsp3) is 0.684. The Balaban J connectivity index is 1.57. The van der Waals surface area contributed by atoms with E-state index in [2.05, 4.69) is 5.10 Å². The molecule has 2 saturated heterocycles. The molecule has 3 heterocycles. The number of carbonyl (C=O) groups excluding carboxylic acids is 3. The molecule has 27 heavy (non-hydrogen) atoms. The molecule has 0 N–H and O–H groups in total. The van der Waals surface area contributed by atoms with E-state index in [0.717, 1.165) is 5.69 Å².